The first-order valence-electron chi connectivity index (χ1n) is 8.40. The Kier molecular flexibility index (Phi) is 7.30. The first kappa shape index (κ1) is 21.4. The highest BCUT2D eigenvalue weighted by atomic mass is 16.8. The number of aliphatic hydroxyl groups excluding tert-OH is 5. The van der Waals surface area contributed by atoms with E-state index >= 15 is 0 Å². The fraction of sp³-hybridized carbons (Fsp3) is 0.933. The van der Waals surface area contributed by atoms with Crippen molar-refractivity contribution in [1.82, 2.24) is 0 Å². The van der Waals surface area contributed by atoms with Crippen molar-refractivity contribution >= 4 is 5.97 Å². The molecule has 11 nitrogen and oxygen atoms in total. The molecule has 10 atom stereocenters. The normalized spacial score (nSPS) is 46.9. The molecule has 0 aromatic rings. The largest absolute Gasteiger partial charge is 0.479 e. The second-order valence-corrected chi connectivity index (χ2v) is 6.40. The van der Waals surface area contributed by atoms with Crippen molar-refractivity contribution in [3.8, 4) is 0 Å². The summed E-state index contributed by atoms with van der Waals surface area (Å²) in [5, 5.41) is 58.9. The molecule has 11 heteroatoms. The smallest absolute Gasteiger partial charge is 0.335 e. The summed E-state index contributed by atoms with van der Waals surface area (Å²) in [7, 11) is 0. The van der Waals surface area contributed by atoms with E-state index in [1.54, 1.807) is 0 Å². The first-order chi connectivity index (χ1) is 12.2. The van der Waals surface area contributed by atoms with E-state index in [2.05, 4.69) is 0 Å². The van der Waals surface area contributed by atoms with Crippen LogP contribution in [0.5, 0.6) is 0 Å². The lowest BCUT2D eigenvalue weighted by Gasteiger charge is -2.45. The van der Waals surface area contributed by atoms with Crippen LogP contribution >= 0.6 is 0 Å². The second kappa shape index (κ2) is 8.87. The Bertz CT molecular complexity index is 475. The second-order valence-electron chi connectivity index (χ2n) is 6.40. The van der Waals surface area contributed by atoms with Gasteiger partial charge in [0.1, 0.15) is 36.6 Å². The Hall–Kier alpha value is -0.890. The first-order valence-corrected chi connectivity index (χ1v) is 8.40. The van der Waals surface area contributed by atoms with E-state index in [4.69, 9.17) is 24.1 Å². The molecule has 0 amide bonds. The average molecular weight is 382 g/mol. The molecule has 0 spiro atoms. The molecule has 2 rings (SSSR count). The molecule has 152 valence electrons. The highest BCUT2D eigenvalue weighted by Gasteiger charge is 2.51. The molecule has 0 aromatic carbocycles. The minimum atomic E-state index is -1.87. The third-order valence-electron chi connectivity index (χ3n) is 4.37. The van der Waals surface area contributed by atoms with Crippen molar-refractivity contribution in [2.45, 2.75) is 81.7 Å². The number of ether oxygens (including phenoxy) is 4. The van der Waals surface area contributed by atoms with Gasteiger partial charge in [-0.3, -0.25) is 0 Å². The molecule has 2 aliphatic heterocycles. The fourth-order valence-corrected chi connectivity index (χ4v) is 2.83. The van der Waals surface area contributed by atoms with Crippen molar-refractivity contribution in [2.75, 3.05) is 6.61 Å². The number of carboxylic acid groups (broad SMARTS) is 1. The summed E-state index contributed by atoms with van der Waals surface area (Å²) in [6, 6.07) is 0. The molecule has 0 aromatic heterocycles. The lowest BCUT2D eigenvalue weighted by atomic mass is 9.97. The number of aliphatic carboxylic acids is 1. The minimum Gasteiger partial charge on any atom is -0.479 e. The van der Waals surface area contributed by atoms with Crippen molar-refractivity contribution in [1.29, 1.82) is 0 Å². The van der Waals surface area contributed by atoms with E-state index in [-0.39, 0.29) is 6.61 Å². The maximum Gasteiger partial charge on any atom is 0.335 e. The van der Waals surface area contributed by atoms with E-state index in [1.165, 1.54) is 6.92 Å². The van der Waals surface area contributed by atoms with Crippen LogP contribution in [0.25, 0.3) is 0 Å². The van der Waals surface area contributed by atoms with Crippen LogP contribution < -0.4 is 0 Å². The van der Waals surface area contributed by atoms with E-state index in [0.29, 0.717) is 6.42 Å². The molecule has 0 radical (unpaired) electrons. The fourth-order valence-electron chi connectivity index (χ4n) is 2.83. The van der Waals surface area contributed by atoms with Crippen molar-refractivity contribution in [3.63, 3.8) is 0 Å². The summed E-state index contributed by atoms with van der Waals surface area (Å²) in [4.78, 5) is 11.1. The molecule has 0 saturated carbocycles. The number of carboxylic acids is 1. The van der Waals surface area contributed by atoms with Gasteiger partial charge in [-0.15, -0.1) is 0 Å². The highest BCUT2D eigenvalue weighted by molar-refractivity contribution is 5.73. The van der Waals surface area contributed by atoms with Crippen LogP contribution in [0.4, 0.5) is 0 Å². The van der Waals surface area contributed by atoms with Crippen LogP contribution in [0, 0.1) is 0 Å². The van der Waals surface area contributed by atoms with Gasteiger partial charge in [0.25, 0.3) is 0 Å². The maximum absolute atomic E-state index is 11.1. The summed E-state index contributed by atoms with van der Waals surface area (Å²) in [6.45, 7) is 3.63. The van der Waals surface area contributed by atoms with Gasteiger partial charge in [-0.2, -0.15) is 0 Å². The van der Waals surface area contributed by atoms with Crippen molar-refractivity contribution < 1.29 is 54.4 Å². The van der Waals surface area contributed by atoms with E-state index in [0.717, 1.165) is 0 Å². The van der Waals surface area contributed by atoms with Gasteiger partial charge in [0, 0.05) is 6.61 Å². The molecule has 2 heterocycles. The van der Waals surface area contributed by atoms with Gasteiger partial charge in [0.05, 0.1) is 6.10 Å². The van der Waals surface area contributed by atoms with Gasteiger partial charge < -0.3 is 49.6 Å². The molecule has 0 bridgehead atoms. The summed E-state index contributed by atoms with van der Waals surface area (Å²) in [6.07, 6.45) is -14.5. The summed E-state index contributed by atoms with van der Waals surface area (Å²) in [5.74, 6) is -1.56. The molecule has 6 N–H and O–H groups in total. The topological polar surface area (TPSA) is 175 Å². The molecular formula is C15H26O11. The van der Waals surface area contributed by atoms with E-state index in [9.17, 15) is 30.3 Å². The predicted octanol–water partition coefficient (Wildman–Crippen LogP) is -2.84. The quantitative estimate of drug-likeness (QED) is 0.279. The Morgan fingerprint density at radius 2 is 1.58 bits per heavy atom. The van der Waals surface area contributed by atoms with Gasteiger partial charge in [-0.1, -0.05) is 6.92 Å². The summed E-state index contributed by atoms with van der Waals surface area (Å²) in [5.41, 5.74) is 0. The summed E-state index contributed by atoms with van der Waals surface area (Å²) >= 11 is 0. The molecule has 2 aliphatic rings. The monoisotopic (exact) mass is 382 g/mol. The Morgan fingerprint density at radius 1 is 0.923 bits per heavy atom. The molecule has 0 unspecified atom stereocenters. The number of aliphatic hydroxyl groups is 5. The Balaban J connectivity index is 2.16. The van der Waals surface area contributed by atoms with Crippen LogP contribution in [-0.2, 0) is 23.7 Å². The van der Waals surface area contributed by atoms with Gasteiger partial charge in [-0.05, 0) is 13.3 Å². The molecule has 26 heavy (non-hydrogen) atoms. The maximum atomic E-state index is 11.1. The van der Waals surface area contributed by atoms with Crippen molar-refractivity contribution in [2.24, 2.45) is 0 Å². The Labute approximate surface area is 149 Å². The molecule has 2 saturated heterocycles. The molecule has 2 fully saturated rings. The van der Waals surface area contributed by atoms with Gasteiger partial charge in [0.15, 0.2) is 18.7 Å². The zero-order valence-corrected chi connectivity index (χ0v) is 14.4. The zero-order chi connectivity index (χ0) is 19.6. The number of hydrogen-bond donors (Lipinski definition) is 6. The highest BCUT2D eigenvalue weighted by Crippen LogP contribution is 2.29. The lowest BCUT2D eigenvalue weighted by Crippen LogP contribution is -2.64. The van der Waals surface area contributed by atoms with Gasteiger partial charge in [0.2, 0.25) is 0 Å². The number of hydrogen-bond acceptors (Lipinski definition) is 10. The Morgan fingerprint density at radius 3 is 2.15 bits per heavy atom. The standard InChI is InChI=1S/C15H26O11/c1-3-4-23-15-12(8(18)6(16)5(2)24-15)26-14-10(20)7(17)9(19)11(25-14)13(21)22/h5-12,14-20H,3-4H2,1-2H3,(H,21,22)/t5-,6+,7-,8+,9-,10+,11-,12-,14+,15+/m0/s1. The predicted molar refractivity (Wildman–Crippen MR) is 81.8 cm³/mol. The third kappa shape index (κ3) is 4.32. The van der Waals surface area contributed by atoms with Crippen LogP contribution in [0.15, 0.2) is 0 Å². The van der Waals surface area contributed by atoms with E-state index < -0.39 is 67.4 Å². The van der Waals surface area contributed by atoms with Crippen LogP contribution in [0.3, 0.4) is 0 Å². The van der Waals surface area contributed by atoms with Gasteiger partial charge in [-0.25, -0.2) is 4.79 Å². The van der Waals surface area contributed by atoms with Crippen LogP contribution in [0.2, 0.25) is 0 Å². The lowest BCUT2D eigenvalue weighted by molar-refractivity contribution is -0.360. The molecular weight excluding hydrogens is 356 g/mol. The minimum absolute atomic E-state index is 0.257. The van der Waals surface area contributed by atoms with E-state index in [1.807, 2.05) is 6.92 Å². The van der Waals surface area contributed by atoms with Crippen molar-refractivity contribution in [3.05, 3.63) is 0 Å². The zero-order valence-electron chi connectivity index (χ0n) is 14.4. The van der Waals surface area contributed by atoms with Crippen LogP contribution in [0.1, 0.15) is 20.3 Å². The molecule has 0 aliphatic carbocycles. The van der Waals surface area contributed by atoms with Crippen LogP contribution in [-0.4, -0.2) is 105 Å². The average Bonchev–Trinajstić information content (AvgIpc) is 2.60. The number of carbonyl (C=O) groups is 1. The number of rotatable bonds is 6. The van der Waals surface area contributed by atoms with Gasteiger partial charge >= 0.3 is 5.97 Å². The third-order valence-corrected chi connectivity index (χ3v) is 4.37. The SMILES string of the molecule is CCCO[C@@H]1O[C@@H](C)[C@@H](O)[C@@H](O)[C@@H]1O[C@H]1O[C@H](C(=O)O)[C@@H](O)[C@H](O)[C@H]1O. The summed E-state index contributed by atoms with van der Waals surface area (Å²) < 4.78 is 21.4.